The smallest absolute Gasteiger partial charge is 0.307 e. The molecule has 1 aliphatic rings. The summed E-state index contributed by atoms with van der Waals surface area (Å²) >= 11 is 0. The van der Waals surface area contributed by atoms with Crippen LogP contribution in [0.3, 0.4) is 0 Å². The molecule has 1 fully saturated rings. The van der Waals surface area contributed by atoms with Gasteiger partial charge in [-0.1, -0.05) is 6.07 Å². The van der Waals surface area contributed by atoms with Gasteiger partial charge in [-0.15, -0.1) is 0 Å². The molecule has 0 amide bonds. The number of rotatable bonds is 3. The average Bonchev–Trinajstić information content (AvgIpc) is 2.71. The van der Waals surface area contributed by atoms with Gasteiger partial charge >= 0.3 is 5.97 Å². The minimum absolute atomic E-state index is 0.226. The number of halogens is 1. The Hall–Kier alpha value is -1.42. The molecule has 4 heteroatoms. The molecule has 1 aromatic carbocycles. The fourth-order valence-electron chi connectivity index (χ4n) is 2.26. The first-order chi connectivity index (χ1) is 8.06. The Morgan fingerprint density at radius 3 is 2.94 bits per heavy atom. The maximum Gasteiger partial charge on any atom is 0.307 e. The largest absolute Gasteiger partial charge is 0.481 e. The molecule has 3 nitrogen and oxygen atoms in total. The van der Waals surface area contributed by atoms with E-state index < -0.39 is 5.97 Å². The fraction of sp³-hybridized carbons (Fsp3) is 0.462. The Balaban J connectivity index is 2.00. The number of carbonyl (C=O) groups is 1. The van der Waals surface area contributed by atoms with Crippen LogP contribution in [0.2, 0.25) is 0 Å². The van der Waals surface area contributed by atoms with Crippen LogP contribution in [-0.4, -0.2) is 29.1 Å². The highest BCUT2D eigenvalue weighted by Crippen LogP contribution is 2.20. The quantitative estimate of drug-likeness (QED) is 0.874. The van der Waals surface area contributed by atoms with Gasteiger partial charge in [0.1, 0.15) is 5.82 Å². The van der Waals surface area contributed by atoms with Crippen molar-refractivity contribution in [2.75, 3.05) is 13.1 Å². The first-order valence-electron chi connectivity index (χ1n) is 5.76. The van der Waals surface area contributed by atoms with Gasteiger partial charge in [-0.05, 0) is 43.1 Å². The third kappa shape index (κ3) is 2.82. The van der Waals surface area contributed by atoms with Gasteiger partial charge in [0, 0.05) is 13.1 Å². The lowest BCUT2D eigenvalue weighted by atomic mass is 10.1. The van der Waals surface area contributed by atoms with Gasteiger partial charge in [-0.2, -0.15) is 0 Å². The lowest BCUT2D eigenvalue weighted by Gasteiger charge is -2.16. The van der Waals surface area contributed by atoms with E-state index in [1.54, 1.807) is 6.07 Å². The topological polar surface area (TPSA) is 40.5 Å². The molecule has 1 saturated heterocycles. The number of benzene rings is 1. The van der Waals surface area contributed by atoms with Crippen LogP contribution >= 0.6 is 0 Å². The molecule has 0 spiro atoms. The van der Waals surface area contributed by atoms with Crippen LogP contribution in [0.5, 0.6) is 0 Å². The zero-order valence-corrected chi connectivity index (χ0v) is 9.82. The highest BCUT2D eigenvalue weighted by atomic mass is 19.1. The van der Waals surface area contributed by atoms with Crippen LogP contribution in [0.15, 0.2) is 18.2 Å². The van der Waals surface area contributed by atoms with Crippen LogP contribution in [0.25, 0.3) is 0 Å². The predicted octanol–water partition coefficient (Wildman–Crippen LogP) is 2.04. The molecule has 0 saturated carbocycles. The van der Waals surface area contributed by atoms with Crippen LogP contribution in [0.1, 0.15) is 17.5 Å². The second-order valence-electron chi connectivity index (χ2n) is 4.63. The van der Waals surface area contributed by atoms with Crippen molar-refractivity contribution >= 4 is 5.97 Å². The number of aliphatic carboxylic acids is 1. The summed E-state index contributed by atoms with van der Waals surface area (Å²) in [6.07, 6.45) is 0.704. The highest BCUT2D eigenvalue weighted by Gasteiger charge is 2.27. The summed E-state index contributed by atoms with van der Waals surface area (Å²) in [7, 11) is 0. The Morgan fingerprint density at radius 1 is 1.59 bits per heavy atom. The van der Waals surface area contributed by atoms with Gasteiger partial charge in [0.2, 0.25) is 0 Å². The zero-order valence-electron chi connectivity index (χ0n) is 9.82. The van der Waals surface area contributed by atoms with Crippen molar-refractivity contribution in [2.24, 2.45) is 5.92 Å². The highest BCUT2D eigenvalue weighted by molar-refractivity contribution is 5.70. The van der Waals surface area contributed by atoms with E-state index in [1.165, 1.54) is 12.1 Å². The number of hydrogen-bond acceptors (Lipinski definition) is 2. The first-order valence-corrected chi connectivity index (χ1v) is 5.76. The van der Waals surface area contributed by atoms with E-state index in [1.807, 2.05) is 6.92 Å². The van der Waals surface area contributed by atoms with E-state index in [0.29, 0.717) is 19.5 Å². The van der Waals surface area contributed by atoms with Crippen molar-refractivity contribution in [1.82, 2.24) is 4.90 Å². The second-order valence-corrected chi connectivity index (χ2v) is 4.63. The maximum absolute atomic E-state index is 12.9. The summed E-state index contributed by atoms with van der Waals surface area (Å²) in [4.78, 5) is 12.9. The van der Waals surface area contributed by atoms with Crippen LogP contribution in [-0.2, 0) is 11.3 Å². The average molecular weight is 237 g/mol. The third-order valence-electron chi connectivity index (χ3n) is 3.32. The molecule has 1 heterocycles. The lowest BCUT2D eigenvalue weighted by Crippen LogP contribution is -2.23. The Kier molecular flexibility index (Phi) is 3.43. The third-order valence-corrected chi connectivity index (χ3v) is 3.32. The summed E-state index contributed by atoms with van der Waals surface area (Å²) in [6.45, 7) is 3.97. The van der Waals surface area contributed by atoms with E-state index in [9.17, 15) is 9.18 Å². The molecule has 0 bridgehead atoms. The van der Waals surface area contributed by atoms with Crippen molar-refractivity contribution in [1.29, 1.82) is 0 Å². The van der Waals surface area contributed by atoms with E-state index in [2.05, 4.69) is 4.90 Å². The van der Waals surface area contributed by atoms with E-state index in [-0.39, 0.29) is 11.7 Å². The molecule has 0 aliphatic carbocycles. The first kappa shape index (κ1) is 12.0. The molecule has 1 atom stereocenters. The number of likely N-dealkylation sites (tertiary alicyclic amines) is 1. The van der Waals surface area contributed by atoms with E-state index in [4.69, 9.17) is 5.11 Å². The van der Waals surface area contributed by atoms with Crippen molar-refractivity contribution in [3.63, 3.8) is 0 Å². The summed E-state index contributed by atoms with van der Waals surface area (Å²) < 4.78 is 12.9. The number of aryl methyl sites for hydroxylation is 1. The summed E-state index contributed by atoms with van der Waals surface area (Å²) in [5, 5.41) is 8.91. The van der Waals surface area contributed by atoms with Crippen molar-refractivity contribution in [3.05, 3.63) is 35.1 Å². The van der Waals surface area contributed by atoms with Crippen molar-refractivity contribution in [3.8, 4) is 0 Å². The van der Waals surface area contributed by atoms with Crippen molar-refractivity contribution < 1.29 is 14.3 Å². The van der Waals surface area contributed by atoms with Crippen LogP contribution in [0.4, 0.5) is 4.39 Å². The molecule has 1 aromatic rings. The maximum atomic E-state index is 12.9. The molecule has 0 radical (unpaired) electrons. The molecule has 2 rings (SSSR count). The van der Waals surface area contributed by atoms with Gasteiger partial charge in [-0.25, -0.2) is 4.39 Å². The monoisotopic (exact) mass is 237 g/mol. The SMILES string of the molecule is Cc1cc(F)ccc1CN1CCC(C(=O)O)C1. The lowest BCUT2D eigenvalue weighted by molar-refractivity contribution is -0.141. The Morgan fingerprint density at radius 2 is 2.35 bits per heavy atom. The van der Waals surface area contributed by atoms with Gasteiger partial charge in [-0.3, -0.25) is 9.69 Å². The summed E-state index contributed by atoms with van der Waals surface area (Å²) in [5.74, 6) is -1.20. The van der Waals surface area contributed by atoms with E-state index in [0.717, 1.165) is 17.7 Å². The standard InChI is InChI=1S/C13H16FNO2/c1-9-6-12(14)3-2-10(9)7-15-5-4-11(8-15)13(16)17/h2-3,6,11H,4-5,7-8H2,1H3,(H,16,17). The molecular weight excluding hydrogens is 221 g/mol. The molecule has 92 valence electrons. The minimum atomic E-state index is -0.719. The fourth-order valence-corrected chi connectivity index (χ4v) is 2.26. The number of carboxylic acid groups (broad SMARTS) is 1. The summed E-state index contributed by atoms with van der Waals surface area (Å²) in [5.41, 5.74) is 1.99. The Labute approximate surface area is 99.9 Å². The Bertz CT molecular complexity index is 433. The predicted molar refractivity (Wildman–Crippen MR) is 62.2 cm³/mol. The molecule has 1 unspecified atom stereocenters. The van der Waals surface area contributed by atoms with Crippen LogP contribution < -0.4 is 0 Å². The van der Waals surface area contributed by atoms with Crippen molar-refractivity contribution in [2.45, 2.75) is 19.9 Å². The van der Waals surface area contributed by atoms with Gasteiger partial charge in [0.05, 0.1) is 5.92 Å². The van der Waals surface area contributed by atoms with E-state index >= 15 is 0 Å². The molecule has 17 heavy (non-hydrogen) atoms. The minimum Gasteiger partial charge on any atom is -0.481 e. The number of carboxylic acids is 1. The molecule has 1 N–H and O–H groups in total. The van der Waals surface area contributed by atoms with Gasteiger partial charge in [0.15, 0.2) is 0 Å². The second kappa shape index (κ2) is 4.84. The molecule has 0 aromatic heterocycles. The summed E-state index contributed by atoms with van der Waals surface area (Å²) in [6, 6.07) is 4.74. The molecular formula is C13H16FNO2. The normalized spacial score (nSPS) is 20.7. The number of nitrogens with zero attached hydrogens (tertiary/aromatic N) is 1. The van der Waals surface area contributed by atoms with Gasteiger partial charge in [0.25, 0.3) is 0 Å². The number of hydrogen-bond donors (Lipinski definition) is 1. The van der Waals surface area contributed by atoms with Crippen LogP contribution in [0, 0.1) is 18.7 Å². The van der Waals surface area contributed by atoms with Gasteiger partial charge < -0.3 is 5.11 Å². The molecule has 1 aliphatic heterocycles. The zero-order chi connectivity index (χ0) is 12.4.